The van der Waals surface area contributed by atoms with Crippen molar-refractivity contribution in [2.75, 3.05) is 5.32 Å². The van der Waals surface area contributed by atoms with E-state index in [1.54, 1.807) is 18.2 Å². The second-order valence-electron chi connectivity index (χ2n) is 6.35. The molecule has 0 aliphatic carbocycles. The van der Waals surface area contributed by atoms with Crippen LogP contribution in [0, 0.1) is 13.8 Å². The monoisotopic (exact) mass is 381 g/mol. The van der Waals surface area contributed by atoms with E-state index in [1.807, 2.05) is 32.0 Å². The normalized spacial score (nSPS) is 11.2. The number of aryl methyl sites for hydroxylation is 2. The van der Waals surface area contributed by atoms with Gasteiger partial charge < -0.3 is 5.32 Å². The van der Waals surface area contributed by atoms with E-state index in [2.05, 4.69) is 15.4 Å². The van der Waals surface area contributed by atoms with Crippen LogP contribution in [0.5, 0.6) is 0 Å². The van der Waals surface area contributed by atoms with Crippen LogP contribution in [0.3, 0.4) is 0 Å². The molecule has 0 atom stereocenters. The molecule has 27 heavy (non-hydrogen) atoms. The van der Waals surface area contributed by atoms with Gasteiger partial charge in [-0.1, -0.05) is 29.8 Å². The van der Waals surface area contributed by atoms with Gasteiger partial charge in [-0.25, -0.2) is 18.9 Å². The number of rotatable bonds is 3. The zero-order valence-corrected chi connectivity index (χ0v) is 15.5. The predicted octanol–water partition coefficient (Wildman–Crippen LogP) is 2.95. The summed E-state index contributed by atoms with van der Waals surface area (Å²) >= 11 is 5.99. The van der Waals surface area contributed by atoms with Crippen LogP contribution in [0.15, 0.2) is 47.5 Å². The number of aromatic nitrogens is 4. The van der Waals surface area contributed by atoms with Gasteiger partial charge in [0.25, 0.3) is 0 Å². The molecule has 0 aliphatic heterocycles. The summed E-state index contributed by atoms with van der Waals surface area (Å²) in [5, 5.41) is 8.42. The summed E-state index contributed by atoms with van der Waals surface area (Å²) in [6.45, 7) is 3.65. The Morgan fingerprint density at radius 3 is 2.67 bits per heavy atom. The third kappa shape index (κ3) is 3.06. The molecule has 0 saturated carbocycles. The number of carbonyl (C=O) groups is 1. The third-order valence-corrected chi connectivity index (χ3v) is 4.66. The number of carbonyl (C=O) groups excluding carboxylic acids is 1. The van der Waals surface area contributed by atoms with E-state index in [9.17, 15) is 9.59 Å². The fourth-order valence-corrected chi connectivity index (χ4v) is 3.22. The number of nitrogens with one attached hydrogen (secondary N) is 1. The lowest BCUT2D eigenvalue weighted by Crippen LogP contribution is -2.28. The van der Waals surface area contributed by atoms with Gasteiger partial charge in [-0.3, -0.25) is 4.79 Å². The highest BCUT2D eigenvalue weighted by atomic mass is 35.5. The average Bonchev–Trinajstić information content (AvgIpc) is 2.94. The van der Waals surface area contributed by atoms with Crippen LogP contribution in [0.4, 0.5) is 5.69 Å². The second-order valence-corrected chi connectivity index (χ2v) is 6.79. The standard InChI is InChI=1S/C19H16ClN5O2/c1-11-4-3-5-12(2)17(11)22-16(26)9-25-19(27)24-10-21-15-8-13(20)6-7-14(15)18(24)23-25/h3-8,10H,9H2,1-2H3,(H,22,26). The molecule has 0 unspecified atom stereocenters. The van der Waals surface area contributed by atoms with Gasteiger partial charge >= 0.3 is 5.69 Å². The van der Waals surface area contributed by atoms with Crippen molar-refractivity contribution in [1.29, 1.82) is 0 Å². The van der Waals surface area contributed by atoms with Crippen molar-refractivity contribution >= 4 is 39.7 Å². The number of anilines is 1. The van der Waals surface area contributed by atoms with Crippen molar-refractivity contribution in [3.63, 3.8) is 0 Å². The molecule has 1 amide bonds. The summed E-state index contributed by atoms with van der Waals surface area (Å²) in [7, 11) is 0. The summed E-state index contributed by atoms with van der Waals surface area (Å²) in [6.07, 6.45) is 1.39. The van der Waals surface area contributed by atoms with Crippen molar-refractivity contribution in [3.05, 3.63) is 69.4 Å². The first kappa shape index (κ1) is 17.2. The number of hydrogen-bond acceptors (Lipinski definition) is 4. The Kier molecular flexibility index (Phi) is 4.16. The van der Waals surface area contributed by atoms with Crippen LogP contribution in [-0.4, -0.2) is 25.1 Å². The summed E-state index contributed by atoms with van der Waals surface area (Å²) in [5.41, 5.74) is 3.30. The maximum absolute atomic E-state index is 12.6. The molecule has 0 fully saturated rings. The average molecular weight is 382 g/mol. The Labute approximate surface area is 159 Å². The first-order valence-electron chi connectivity index (χ1n) is 8.33. The number of amides is 1. The van der Waals surface area contributed by atoms with Gasteiger partial charge in [0.2, 0.25) is 5.91 Å². The van der Waals surface area contributed by atoms with Crippen molar-refractivity contribution in [3.8, 4) is 0 Å². The van der Waals surface area contributed by atoms with Crippen LogP contribution < -0.4 is 11.0 Å². The van der Waals surface area contributed by atoms with E-state index >= 15 is 0 Å². The topological polar surface area (TPSA) is 81.3 Å². The molecular formula is C19H16ClN5O2. The van der Waals surface area contributed by atoms with Gasteiger partial charge in [-0.2, -0.15) is 0 Å². The Balaban J connectivity index is 1.70. The highest BCUT2D eigenvalue weighted by Gasteiger charge is 2.15. The lowest BCUT2D eigenvalue weighted by atomic mass is 10.1. The number of nitrogens with zero attached hydrogens (tertiary/aromatic N) is 4. The molecule has 2 aromatic carbocycles. The maximum Gasteiger partial charge on any atom is 0.352 e. The van der Waals surface area contributed by atoms with E-state index in [-0.39, 0.29) is 12.5 Å². The maximum atomic E-state index is 12.6. The highest BCUT2D eigenvalue weighted by Crippen LogP contribution is 2.20. The molecule has 0 saturated heterocycles. The lowest BCUT2D eigenvalue weighted by Gasteiger charge is -2.10. The molecule has 7 nitrogen and oxygen atoms in total. The van der Waals surface area contributed by atoms with Crippen molar-refractivity contribution < 1.29 is 4.79 Å². The summed E-state index contributed by atoms with van der Waals surface area (Å²) < 4.78 is 2.45. The van der Waals surface area contributed by atoms with E-state index < -0.39 is 5.69 Å². The van der Waals surface area contributed by atoms with Gasteiger partial charge in [-0.05, 0) is 43.2 Å². The lowest BCUT2D eigenvalue weighted by molar-refractivity contribution is -0.117. The largest absolute Gasteiger partial charge is 0.352 e. The van der Waals surface area contributed by atoms with Crippen LogP contribution in [-0.2, 0) is 11.3 Å². The van der Waals surface area contributed by atoms with Crippen molar-refractivity contribution in [2.24, 2.45) is 0 Å². The minimum absolute atomic E-state index is 0.191. The SMILES string of the molecule is Cc1cccc(C)c1NC(=O)Cn1nc2c3ccc(Cl)cc3ncn2c1=O. The Morgan fingerprint density at radius 2 is 1.93 bits per heavy atom. The number of fused-ring (bicyclic) bond motifs is 3. The van der Waals surface area contributed by atoms with E-state index in [1.165, 1.54) is 10.7 Å². The molecule has 2 aromatic heterocycles. The third-order valence-electron chi connectivity index (χ3n) is 4.42. The zero-order valence-electron chi connectivity index (χ0n) is 14.7. The summed E-state index contributed by atoms with van der Waals surface area (Å²) in [4.78, 5) is 29.3. The molecular weight excluding hydrogens is 366 g/mol. The number of para-hydroxylation sites is 1. The quantitative estimate of drug-likeness (QED) is 0.591. The first-order valence-corrected chi connectivity index (χ1v) is 8.71. The Hall–Kier alpha value is -3.19. The van der Waals surface area contributed by atoms with Gasteiger partial charge in [0.05, 0.1) is 5.52 Å². The summed E-state index contributed by atoms with van der Waals surface area (Å²) in [5.74, 6) is -0.321. The van der Waals surface area contributed by atoms with Gasteiger partial charge in [0.15, 0.2) is 5.65 Å². The second kappa shape index (κ2) is 6.51. The molecule has 4 rings (SSSR count). The van der Waals surface area contributed by atoms with Crippen LogP contribution in [0.25, 0.3) is 16.6 Å². The van der Waals surface area contributed by atoms with Crippen LogP contribution in [0.1, 0.15) is 11.1 Å². The molecule has 4 aromatic rings. The fraction of sp³-hybridized carbons (Fsp3) is 0.158. The first-order chi connectivity index (χ1) is 12.9. The minimum Gasteiger partial charge on any atom is -0.324 e. The Morgan fingerprint density at radius 1 is 1.19 bits per heavy atom. The van der Waals surface area contributed by atoms with Crippen molar-refractivity contribution in [1.82, 2.24) is 19.2 Å². The molecule has 0 aliphatic rings. The number of halogens is 1. The number of hydrogen-bond donors (Lipinski definition) is 1. The van der Waals surface area contributed by atoms with Crippen LogP contribution >= 0.6 is 11.6 Å². The fourth-order valence-electron chi connectivity index (χ4n) is 3.06. The van der Waals surface area contributed by atoms with Gasteiger partial charge in [0.1, 0.15) is 12.9 Å². The smallest absolute Gasteiger partial charge is 0.324 e. The molecule has 1 N–H and O–H groups in total. The highest BCUT2D eigenvalue weighted by molar-refractivity contribution is 6.31. The molecule has 0 radical (unpaired) electrons. The minimum atomic E-state index is -0.425. The zero-order chi connectivity index (χ0) is 19.1. The Bertz CT molecular complexity index is 1240. The predicted molar refractivity (Wildman–Crippen MR) is 104 cm³/mol. The van der Waals surface area contributed by atoms with Crippen LogP contribution in [0.2, 0.25) is 5.02 Å². The van der Waals surface area contributed by atoms with Gasteiger partial charge in [0, 0.05) is 16.1 Å². The van der Waals surface area contributed by atoms with Crippen molar-refractivity contribution in [2.45, 2.75) is 20.4 Å². The summed E-state index contributed by atoms with van der Waals surface area (Å²) in [6, 6.07) is 10.9. The van der Waals surface area contributed by atoms with Gasteiger partial charge in [-0.15, -0.1) is 5.10 Å². The van der Waals surface area contributed by atoms with E-state index in [4.69, 9.17) is 11.6 Å². The molecule has 0 bridgehead atoms. The molecule has 0 spiro atoms. The molecule has 8 heteroatoms. The number of benzene rings is 2. The molecule has 136 valence electrons. The molecule has 2 heterocycles. The van der Waals surface area contributed by atoms with E-state index in [0.717, 1.165) is 21.5 Å². The van der Waals surface area contributed by atoms with E-state index in [0.29, 0.717) is 21.6 Å².